The molecule has 0 aromatic rings. The lowest BCUT2D eigenvalue weighted by Gasteiger charge is -2.28. The average Bonchev–Trinajstić information content (AvgIpc) is 2.36. The standard InChI is InChI=1S/C16H27NO4/c1-5-20-14(18)11-8-12-6-9-13(10-7-12)17-15(19)21-16(2,3)4/h8,11-13H,5-7,9-10H2,1-4H3,(H,17,19)/b11-8+. The van der Waals surface area contributed by atoms with E-state index in [2.05, 4.69) is 5.32 Å². The minimum absolute atomic E-state index is 0.159. The molecule has 5 nitrogen and oxygen atoms in total. The van der Waals surface area contributed by atoms with Crippen LogP contribution in [0.2, 0.25) is 0 Å². The van der Waals surface area contributed by atoms with Crippen LogP contribution in [0.15, 0.2) is 12.2 Å². The van der Waals surface area contributed by atoms with Crippen LogP contribution in [0, 0.1) is 5.92 Å². The number of hydrogen-bond acceptors (Lipinski definition) is 4. The molecule has 0 bridgehead atoms. The van der Waals surface area contributed by atoms with Crippen LogP contribution in [0.25, 0.3) is 0 Å². The van der Waals surface area contributed by atoms with E-state index < -0.39 is 5.60 Å². The van der Waals surface area contributed by atoms with Crippen molar-refractivity contribution in [1.82, 2.24) is 5.32 Å². The summed E-state index contributed by atoms with van der Waals surface area (Å²) in [5.41, 5.74) is -0.469. The van der Waals surface area contributed by atoms with Crippen molar-refractivity contribution in [2.24, 2.45) is 5.92 Å². The maximum Gasteiger partial charge on any atom is 0.407 e. The Bertz CT molecular complexity index is 376. The van der Waals surface area contributed by atoms with Crippen LogP contribution in [-0.4, -0.2) is 30.3 Å². The van der Waals surface area contributed by atoms with Crippen LogP contribution in [-0.2, 0) is 14.3 Å². The molecule has 0 radical (unpaired) electrons. The lowest BCUT2D eigenvalue weighted by molar-refractivity contribution is -0.137. The van der Waals surface area contributed by atoms with Crippen molar-refractivity contribution >= 4 is 12.1 Å². The number of rotatable bonds is 4. The van der Waals surface area contributed by atoms with Crippen molar-refractivity contribution in [2.75, 3.05) is 6.61 Å². The van der Waals surface area contributed by atoms with Crippen LogP contribution in [0.5, 0.6) is 0 Å². The van der Waals surface area contributed by atoms with Crippen molar-refractivity contribution < 1.29 is 19.1 Å². The van der Waals surface area contributed by atoms with E-state index in [1.54, 1.807) is 6.92 Å². The molecular formula is C16H27NO4. The topological polar surface area (TPSA) is 64.6 Å². The lowest BCUT2D eigenvalue weighted by Crippen LogP contribution is -2.40. The summed E-state index contributed by atoms with van der Waals surface area (Å²) in [4.78, 5) is 22.9. The van der Waals surface area contributed by atoms with Gasteiger partial charge < -0.3 is 14.8 Å². The zero-order valence-corrected chi connectivity index (χ0v) is 13.5. The Morgan fingerprint density at radius 3 is 2.33 bits per heavy atom. The number of ether oxygens (including phenoxy) is 2. The van der Waals surface area contributed by atoms with E-state index in [0.29, 0.717) is 12.5 Å². The van der Waals surface area contributed by atoms with Gasteiger partial charge in [-0.3, -0.25) is 0 Å². The van der Waals surface area contributed by atoms with Crippen molar-refractivity contribution in [3.63, 3.8) is 0 Å². The first-order valence-electron chi connectivity index (χ1n) is 7.64. The van der Waals surface area contributed by atoms with E-state index in [9.17, 15) is 9.59 Å². The molecule has 21 heavy (non-hydrogen) atoms. The van der Waals surface area contributed by atoms with Crippen LogP contribution < -0.4 is 5.32 Å². The lowest BCUT2D eigenvalue weighted by atomic mass is 9.86. The van der Waals surface area contributed by atoms with E-state index >= 15 is 0 Å². The van der Waals surface area contributed by atoms with E-state index in [1.165, 1.54) is 6.08 Å². The first-order chi connectivity index (χ1) is 9.80. The van der Waals surface area contributed by atoms with Gasteiger partial charge >= 0.3 is 12.1 Å². The number of amides is 1. The molecule has 120 valence electrons. The average molecular weight is 297 g/mol. The van der Waals surface area contributed by atoms with E-state index in [0.717, 1.165) is 25.7 Å². The van der Waals surface area contributed by atoms with Gasteiger partial charge in [0.15, 0.2) is 0 Å². The van der Waals surface area contributed by atoms with Gasteiger partial charge in [-0.2, -0.15) is 0 Å². The first-order valence-corrected chi connectivity index (χ1v) is 7.64. The highest BCUT2D eigenvalue weighted by Gasteiger charge is 2.23. The molecule has 0 aromatic carbocycles. The Morgan fingerprint density at radius 2 is 1.81 bits per heavy atom. The molecule has 0 heterocycles. The molecule has 0 unspecified atom stereocenters. The second kappa shape index (κ2) is 8.05. The number of carbonyl (C=O) groups is 2. The highest BCUT2D eigenvalue weighted by molar-refractivity contribution is 5.81. The van der Waals surface area contributed by atoms with Gasteiger partial charge in [0, 0.05) is 12.1 Å². The predicted octanol–water partition coefficient (Wildman–Crippen LogP) is 3.19. The molecule has 0 aliphatic heterocycles. The molecule has 1 fully saturated rings. The molecule has 1 amide bonds. The molecule has 1 saturated carbocycles. The van der Waals surface area contributed by atoms with Crippen molar-refractivity contribution in [3.05, 3.63) is 12.2 Å². The number of alkyl carbamates (subject to hydrolysis) is 1. The molecule has 1 aliphatic rings. The summed E-state index contributed by atoms with van der Waals surface area (Å²) in [7, 11) is 0. The normalized spacial score (nSPS) is 22.9. The minimum Gasteiger partial charge on any atom is -0.463 e. The Morgan fingerprint density at radius 1 is 1.19 bits per heavy atom. The Labute approximate surface area is 127 Å². The Balaban J connectivity index is 2.29. The van der Waals surface area contributed by atoms with Crippen LogP contribution in [0.1, 0.15) is 53.4 Å². The number of carbonyl (C=O) groups excluding carboxylic acids is 2. The third-order valence-electron chi connectivity index (χ3n) is 3.28. The smallest absolute Gasteiger partial charge is 0.407 e. The van der Waals surface area contributed by atoms with Gasteiger partial charge in [-0.1, -0.05) is 6.08 Å². The summed E-state index contributed by atoms with van der Waals surface area (Å²) in [6.45, 7) is 7.74. The van der Waals surface area contributed by atoms with E-state index in [4.69, 9.17) is 9.47 Å². The molecule has 1 rings (SSSR count). The molecule has 1 aliphatic carbocycles. The number of allylic oxidation sites excluding steroid dienone is 1. The molecule has 1 N–H and O–H groups in total. The zero-order valence-electron chi connectivity index (χ0n) is 13.5. The summed E-state index contributed by atoms with van der Waals surface area (Å²) >= 11 is 0. The summed E-state index contributed by atoms with van der Waals surface area (Å²) in [6, 6.07) is 0.159. The molecule has 5 heteroatoms. The number of esters is 1. The second-order valence-corrected chi connectivity index (χ2v) is 6.37. The van der Waals surface area contributed by atoms with Gasteiger partial charge in [-0.05, 0) is 59.3 Å². The summed E-state index contributed by atoms with van der Waals surface area (Å²) in [6.07, 6.45) is 6.78. The van der Waals surface area contributed by atoms with Gasteiger partial charge in [-0.25, -0.2) is 9.59 Å². The maximum absolute atomic E-state index is 11.7. The molecule has 0 aromatic heterocycles. The third kappa shape index (κ3) is 7.73. The van der Waals surface area contributed by atoms with Gasteiger partial charge in [0.05, 0.1) is 6.61 Å². The first kappa shape index (κ1) is 17.5. The highest BCUT2D eigenvalue weighted by atomic mass is 16.6. The monoisotopic (exact) mass is 297 g/mol. The molecular weight excluding hydrogens is 270 g/mol. The maximum atomic E-state index is 11.7. The molecule has 0 saturated heterocycles. The van der Waals surface area contributed by atoms with Crippen molar-refractivity contribution in [1.29, 1.82) is 0 Å². The molecule has 0 atom stereocenters. The predicted molar refractivity (Wildman–Crippen MR) is 80.9 cm³/mol. The minimum atomic E-state index is -0.469. The second-order valence-electron chi connectivity index (χ2n) is 6.37. The SMILES string of the molecule is CCOC(=O)/C=C/C1CCC(NC(=O)OC(C)(C)C)CC1. The summed E-state index contributed by atoms with van der Waals surface area (Å²) in [5.74, 6) is 0.0950. The van der Waals surface area contributed by atoms with Crippen LogP contribution >= 0.6 is 0 Å². The zero-order chi connectivity index (χ0) is 15.9. The van der Waals surface area contributed by atoms with Crippen LogP contribution in [0.3, 0.4) is 0 Å². The fourth-order valence-electron chi connectivity index (χ4n) is 2.34. The van der Waals surface area contributed by atoms with Gasteiger partial charge in [0.1, 0.15) is 5.60 Å². The number of nitrogens with one attached hydrogen (secondary N) is 1. The Kier molecular flexibility index (Phi) is 6.72. The van der Waals surface area contributed by atoms with Gasteiger partial charge in [0.25, 0.3) is 0 Å². The van der Waals surface area contributed by atoms with Gasteiger partial charge in [-0.15, -0.1) is 0 Å². The number of hydrogen-bond donors (Lipinski definition) is 1. The quantitative estimate of drug-likeness (QED) is 0.639. The molecule has 0 spiro atoms. The van der Waals surface area contributed by atoms with Gasteiger partial charge in [0.2, 0.25) is 0 Å². The largest absolute Gasteiger partial charge is 0.463 e. The summed E-state index contributed by atoms with van der Waals surface area (Å²) < 4.78 is 10.1. The fraction of sp³-hybridized carbons (Fsp3) is 0.750. The van der Waals surface area contributed by atoms with Crippen molar-refractivity contribution in [2.45, 2.75) is 65.0 Å². The van der Waals surface area contributed by atoms with Crippen LogP contribution in [0.4, 0.5) is 4.79 Å². The van der Waals surface area contributed by atoms with Crippen molar-refractivity contribution in [3.8, 4) is 0 Å². The Hall–Kier alpha value is -1.52. The van der Waals surface area contributed by atoms with E-state index in [1.807, 2.05) is 26.8 Å². The fourth-order valence-corrected chi connectivity index (χ4v) is 2.34. The summed E-state index contributed by atoms with van der Waals surface area (Å²) in [5, 5.41) is 2.90. The van der Waals surface area contributed by atoms with E-state index in [-0.39, 0.29) is 18.1 Å². The highest BCUT2D eigenvalue weighted by Crippen LogP contribution is 2.25. The third-order valence-corrected chi connectivity index (χ3v) is 3.28.